The molecule has 0 saturated carbocycles. The standard InChI is InChI=1S/C17H19N3O2S/c1-2-13-10-15(21)19-17(18-13)23-11-16(22)20-9-5-7-12-6-3-4-8-14(12)20/h3-4,6,8,10H,2,5,7,9,11H2,1H3,(H,18,19,21). The van der Waals surface area contributed by atoms with Crippen molar-refractivity contribution in [3.63, 3.8) is 0 Å². The van der Waals surface area contributed by atoms with Gasteiger partial charge >= 0.3 is 0 Å². The zero-order valence-corrected chi connectivity index (χ0v) is 13.9. The summed E-state index contributed by atoms with van der Waals surface area (Å²) in [5.41, 5.74) is 2.80. The summed E-state index contributed by atoms with van der Waals surface area (Å²) in [5.74, 6) is 0.316. The lowest BCUT2D eigenvalue weighted by Gasteiger charge is -2.29. The van der Waals surface area contributed by atoms with Crippen LogP contribution in [0.5, 0.6) is 0 Å². The number of hydrogen-bond acceptors (Lipinski definition) is 4. The van der Waals surface area contributed by atoms with Crippen LogP contribution in [0.2, 0.25) is 0 Å². The Hall–Kier alpha value is -2.08. The third kappa shape index (κ3) is 3.64. The van der Waals surface area contributed by atoms with Gasteiger partial charge in [0.05, 0.1) is 5.75 Å². The van der Waals surface area contributed by atoms with Gasteiger partial charge in [0.25, 0.3) is 5.56 Å². The first-order valence-corrected chi connectivity index (χ1v) is 8.77. The largest absolute Gasteiger partial charge is 0.311 e. The molecule has 0 fully saturated rings. The average molecular weight is 329 g/mol. The minimum Gasteiger partial charge on any atom is -0.311 e. The molecule has 0 radical (unpaired) electrons. The number of hydrogen-bond donors (Lipinski definition) is 1. The Balaban J connectivity index is 1.71. The molecule has 5 nitrogen and oxygen atoms in total. The van der Waals surface area contributed by atoms with Gasteiger partial charge in [0, 0.05) is 24.0 Å². The molecule has 23 heavy (non-hydrogen) atoms. The third-order valence-corrected chi connectivity index (χ3v) is 4.74. The van der Waals surface area contributed by atoms with Gasteiger partial charge in [-0.1, -0.05) is 36.9 Å². The van der Waals surface area contributed by atoms with E-state index in [0.29, 0.717) is 11.6 Å². The van der Waals surface area contributed by atoms with Crippen LogP contribution in [0.3, 0.4) is 0 Å². The molecule has 1 N–H and O–H groups in total. The predicted octanol–water partition coefficient (Wildman–Crippen LogP) is 2.40. The maximum atomic E-state index is 12.6. The molecule has 0 spiro atoms. The van der Waals surface area contributed by atoms with E-state index < -0.39 is 0 Å². The minimum absolute atomic E-state index is 0.0479. The molecule has 0 saturated heterocycles. The van der Waals surface area contributed by atoms with E-state index >= 15 is 0 Å². The van der Waals surface area contributed by atoms with Crippen molar-refractivity contribution in [2.24, 2.45) is 0 Å². The second-order valence-electron chi connectivity index (χ2n) is 5.46. The van der Waals surface area contributed by atoms with Crippen LogP contribution in [-0.2, 0) is 17.6 Å². The molecule has 1 aromatic heterocycles. The zero-order valence-electron chi connectivity index (χ0n) is 13.0. The number of aromatic nitrogens is 2. The van der Waals surface area contributed by atoms with Crippen LogP contribution in [0.4, 0.5) is 5.69 Å². The van der Waals surface area contributed by atoms with Gasteiger partial charge in [0.1, 0.15) is 0 Å². The summed E-state index contributed by atoms with van der Waals surface area (Å²) in [7, 11) is 0. The summed E-state index contributed by atoms with van der Waals surface area (Å²) in [5, 5.41) is 0.507. The van der Waals surface area contributed by atoms with E-state index in [1.807, 2.05) is 30.0 Å². The van der Waals surface area contributed by atoms with Crippen molar-refractivity contribution in [1.29, 1.82) is 0 Å². The monoisotopic (exact) mass is 329 g/mol. The Bertz CT molecular complexity index is 772. The number of carbonyl (C=O) groups is 1. The van der Waals surface area contributed by atoms with Gasteiger partial charge in [-0.25, -0.2) is 4.98 Å². The first kappa shape index (κ1) is 15.8. The summed E-state index contributed by atoms with van der Waals surface area (Å²) in [6, 6.07) is 9.53. The van der Waals surface area contributed by atoms with Crippen molar-refractivity contribution in [2.45, 2.75) is 31.3 Å². The number of H-pyrrole nitrogens is 1. The van der Waals surface area contributed by atoms with Gasteiger partial charge in [0.2, 0.25) is 5.91 Å². The van der Waals surface area contributed by atoms with Crippen molar-refractivity contribution in [3.05, 3.63) is 51.9 Å². The highest BCUT2D eigenvalue weighted by Gasteiger charge is 2.22. The molecule has 0 unspecified atom stereocenters. The lowest BCUT2D eigenvalue weighted by Crippen LogP contribution is -2.36. The molecular weight excluding hydrogens is 310 g/mol. The van der Waals surface area contributed by atoms with E-state index in [1.54, 1.807) is 0 Å². The second kappa shape index (κ2) is 7.00. The Morgan fingerprint density at radius 1 is 1.39 bits per heavy atom. The number of nitrogens with one attached hydrogen (secondary N) is 1. The molecule has 0 bridgehead atoms. The number of amides is 1. The maximum absolute atomic E-state index is 12.6. The number of para-hydroxylation sites is 1. The first-order chi connectivity index (χ1) is 11.2. The Morgan fingerprint density at radius 2 is 2.22 bits per heavy atom. The van der Waals surface area contributed by atoms with Gasteiger partial charge in [-0.15, -0.1) is 0 Å². The van der Waals surface area contributed by atoms with Crippen molar-refractivity contribution in [3.8, 4) is 0 Å². The van der Waals surface area contributed by atoms with Gasteiger partial charge < -0.3 is 9.88 Å². The van der Waals surface area contributed by atoms with Crippen molar-refractivity contribution < 1.29 is 4.79 Å². The second-order valence-corrected chi connectivity index (χ2v) is 6.43. The van der Waals surface area contributed by atoms with Gasteiger partial charge in [0.15, 0.2) is 5.16 Å². The van der Waals surface area contributed by atoms with Crippen LogP contribution in [0.25, 0.3) is 0 Å². The predicted molar refractivity (Wildman–Crippen MR) is 92.1 cm³/mol. The van der Waals surface area contributed by atoms with Crippen LogP contribution in [-0.4, -0.2) is 28.2 Å². The fourth-order valence-electron chi connectivity index (χ4n) is 2.73. The molecule has 3 rings (SSSR count). The molecule has 1 aliphatic rings. The van der Waals surface area contributed by atoms with E-state index in [-0.39, 0.29) is 17.2 Å². The maximum Gasteiger partial charge on any atom is 0.251 e. The van der Waals surface area contributed by atoms with Crippen LogP contribution < -0.4 is 10.5 Å². The fraction of sp³-hybridized carbons (Fsp3) is 0.353. The highest BCUT2D eigenvalue weighted by Crippen LogP contribution is 2.27. The van der Waals surface area contributed by atoms with Gasteiger partial charge in [-0.05, 0) is 30.9 Å². The Labute approximate surface area is 139 Å². The summed E-state index contributed by atoms with van der Waals surface area (Å²) < 4.78 is 0. The lowest BCUT2D eigenvalue weighted by molar-refractivity contribution is -0.116. The highest BCUT2D eigenvalue weighted by molar-refractivity contribution is 7.99. The van der Waals surface area contributed by atoms with Crippen molar-refractivity contribution in [2.75, 3.05) is 17.2 Å². The summed E-state index contributed by atoms with van der Waals surface area (Å²) in [4.78, 5) is 33.0. The van der Waals surface area contributed by atoms with E-state index in [1.165, 1.54) is 23.4 Å². The molecule has 0 atom stereocenters. The van der Waals surface area contributed by atoms with Crippen molar-refractivity contribution >= 4 is 23.4 Å². The summed E-state index contributed by atoms with van der Waals surface area (Å²) in [6.07, 6.45) is 2.69. The van der Waals surface area contributed by atoms with Crippen LogP contribution >= 0.6 is 11.8 Å². The van der Waals surface area contributed by atoms with E-state index in [9.17, 15) is 9.59 Å². The molecule has 1 aliphatic heterocycles. The molecule has 0 aliphatic carbocycles. The summed E-state index contributed by atoms with van der Waals surface area (Å²) in [6.45, 7) is 2.70. The number of carbonyl (C=O) groups excluding carboxylic acids is 1. The highest BCUT2D eigenvalue weighted by atomic mass is 32.2. The van der Waals surface area contributed by atoms with E-state index in [2.05, 4.69) is 16.0 Å². The minimum atomic E-state index is -0.171. The number of aryl methyl sites for hydroxylation is 2. The number of benzene rings is 1. The van der Waals surface area contributed by atoms with E-state index in [0.717, 1.165) is 30.8 Å². The van der Waals surface area contributed by atoms with Crippen LogP contribution in [0.15, 0.2) is 40.3 Å². The van der Waals surface area contributed by atoms with E-state index in [4.69, 9.17) is 0 Å². The zero-order chi connectivity index (χ0) is 16.2. The normalized spacial score (nSPS) is 13.7. The molecule has 2 aromatic rings. The molecular formula is C17H19N3O2S. The SMILES string of the molecule is CCc1cc(=O)[nH]c(SCC(=O)N2CCCc3ccccc32)n1. The number of nitrogens with zero attached hydrogens (tertiary/aromatic N) is 2. The molecule has 2 heterocycles. The van der Waals surface area contributed by atoms with Gasteiger partial charge in [-0.2, -0.15) is 0 Å². The number of rotatable bonds is 4. The quantitative estimate of drug-likeness (QED) is 0.691. The van der Waals surface area contributed by atoms with Crippen molar-refractivity contribution in [1.82, 2.24) is 9.97 Å². The number of anilines is 1. The topological polar surface area (TPSA) is 66.1 Å². The number of fused-ring (bicyclic) bond motifs is 1. The molecule has 120 valence electrons. The molecule has 1 aromatic carbocycles. The average Bonchev–Trinajstić information content (AvgIpc) is 2.58. The number of aromatic amines is 1. The Kier molecular flexibility index (Phi) is 4.81. The third-order valence-electron chi connectivity index (χ3n) is 3.88. The lowest BCUT2D eigenvalue weighted by atomic mass is 10.0. The molecule has 1 amide bonds. The Morgan fingerprint density at radius 3 is 3.04 bits per heavy atom. The number of thioether (sulfide) groups is 1. The van der Waals surface area contributed by atoms with Crippen LogP contribution in [0, 0.1) is 0 Å². The van der Waals surface area contributed by atoms with Gasteiger partial charge in [-0.3, -0.25) is 9.59 Å². The molecule has 6 heteroatoms. The first-order valence-electron chi connectivity index (χ1n) is 7.78. The van der Waals surface area contributed by atoms with Crippen LogP contribution in [0.1, 0.15) is 24.6 Å². The fourth-order valence-corrected chi connectivity index (χ4v) is 3.50. The smallest absolute Gasteiger partial charge is 0.251 e. The summed E-state index contributed by atoms with van der Waals surface area (Å²) >= 11 is 1.28.